The molecule has 3 rings (SSSR count). The van der Waals surface area contributed by atoms with Crippen LogP contribution in [0.4, 0.5) is 13.2 Å². The molecule has 4 nitrogen and oxygen atoms in total. The molecule has 0 atom stereocenters. The number of aromatic nitrogens is 2. The molecule has 0 aliphatic heterocycles. The summed E-state index contributed by atoms with van der Waals surface area (Å²) in [6.45, 7) is 0. The summed E-state index contributed by atoms with van der Waals surface area (Å²) in [6.07, 6.45) is -2.83. The first-order valence-corrected chi connectivity index (χ1v) is 7.05. The first kappa shape index (κ1) is 15.9. The Morgan fingerprint density at radius 3 is 2.62 bits per heavy atom. The Kier molecular flexibility index (Phi) is 3.92. The number of hydrogen-bond donors (Lipinski definition) is 1. The minimum Gasteiger partial charge on any atom is -0.366 e. The normalized spacial score (nSPS) is 11.6. The quantitative estimate of drug-likeness (QED) is 0.800. The summed E-state index contributed by atoms with van der Waals surface area (Å²) in [5, 5.41) is 0.638. The van der Waals surface area contributed by atoms with E-state index in [0.717, 1.165) is 12.1 Å². The van der Waals surface area contributed by atoms with Crippen LogP contribution in [0, 0.1) is 0 Å². The SMILES string of the molecule is NC(=O)c1cc2cccnc2nc1Cc1cccc(C(F)(F)F)c1. The van der Waals surface area contributed by atoms with E-state index in [1.54, 1.807) is 30.5 Å². The van der Waals surface area contributed by atoms with Crippen molar-refractivity contribution in [3.63, 3.8) is 0 Å². The molecule has 2 heterocycles. The predicted octanol–water partition coefficient (Wildman–Crippen LogP) is 3.34. The molecule has 0 fully saturated rings. The lowest BCUT2D eigenvalue weighted by atomic mass is 10.0. The van der Waals surface area contributed by atoms with Crippen LogP contribution in [0.25, 0.3) is 11.0 Å². The topological polar surface area (TPSA) is 68.9 Å². The summed E-state index contributed by atoms with van der Waals surface area (Å²) in [7, 11) is 0. The number of fused-ring (bicyclic) bond motifs is 1. The molecule has 0 saturated heterocycles. The van der Waals surface area contributed by atoms with Crippen molar-refractivity contribution in [1.29, 1.82) is 0 Å². The van der Waals surface area contributed by atoms with E-state index in [1.807, 2.05) is 0 Å². The molecule has 0 saturated carbocycles. The van der Waals surface area contributed by atoms with Crippen molar-refractivity contribution >= 4 is 16.9 Å². The van der Waals surface area contributed by atoms with Gasteiger partial charge in [-0.15, -0.1) is 0 Å². The molecule has 0 bridgehead atoms. The number of alkyl halides is 3. The number of nitrogens with two attached hydrogens (primary N) is 1. The smallest absolute Gasteiger partial charge is 0.366 e. The minimum absolute atomic E-state index is 0.0503. The number of hydrogen-bond acceptors (Lipinski definition) is 3. The Bertz CT molecular complexity index is 922. The van der Waals surface area contributed by atoms with E-state index in [-0.39, 0.29) is 12.0 Å². The van der Waals surface area contributed by atoms with Crippen LogP contribution < -0.4 is 5.73 Å². The first-order chi connectivity index (χ1) is 11.3. The third-order valence-electron chi connectivity index (χ3n) is 3.56. The van der Waals surface area contributed by atoms with E-state index < -0.39 is 17.6 Å². The van der Waals surface area contributed by atoms with Crippen molar-refractivity contribution in [2.75, 3.05) is 0 Å². The van der Waals surface area contributed by atoms with E-state index in [4.69, 9.17) is 5.73 Å². The van der Waals surface area contributed by atoms with E-state index in [9.17, 15) is 18.0 Å². The molecule has 2 N–H and O–H groups in total. The maximum atomic E-state index is 12.8. The zero-order valence-electron chi connectivity index (χ0n) is 12.3. The first-order valence-electron chi connectivity index (χ1n) is 7.05. The summed E-state index contributed by atoms with van der Waals surface area (Å²) in [6, 6.07) is 9.88. The molecule has 0 spiro atoms. The van der Waals surface area contributed by atoms with Gasteiger partial charge in [-0.25, -0.2) is 9.97 Å². The van der Waals surface area contributed by atoms with Gasteiger partial charge in [0.1, 0.15) is 0 Å². The largest absolute Gasteiger partial charge is 0.416 e. The summed E-state index contributed by atoms with van der Waals surface area (Å²) < 4.78 is 38.5. The second kappa shape index (κ2) is 5.92. The third kappa shape index (κ3) is 3.19. The van der Waals surface area contributed by atoms with Gasteiger partial charge in [0, 0.05) is 18.0 Å². The third-order valence-corrected chi connectivity index (χ3v) is 3.56. The highest BCUT2D eigenvalue weighted by Gasteiger charge is 2.30. The van der Waals surface area contributed by atoms with Gasteiger partial charge in [0.2, 0.25) is 0 Å². The molecule has 24 heavy (non-hydrogen) atoms. The highest BCUT2D eigenvalue weighted by atomic mass is 19.4. The fourth-order valence-electron chi connectivity index (χ4n) is 2.44. The minimum atomic E-state index is -4.43. The standard InChI is InChI=1S/C17H12F3N3O/c18-17(19,20)12-5-1-3-10(7-12)8-14-13(15(21)24)9-11-4-2-6-22-16(11)23-14/h1-7,9H,8H2,(H2,21,24). The number of pyridine rings is 2. The van der Waals surface area contributed by atoms with Crippen LogP contribution in [0.2, 0.25) is 0 Å². The molecule has 3 aromatic rings. The van der Waals surface area contributed by atoms with Gasteiger partial charge in [-0.2, -0.15) is 13.2 Å². The van der Waals surface area contributed by atoms with Crippen molar-refractivity contribution in [1.82, 2.24) is 9.97 Å². The summed E-state index contributed by atoms with van der Waals surface area (Å²) in [5.74, 6) is -0.685. The average molecular weight is 331 g/mol. The van der Waals surface area contributed by atoms with Crippen LogP contribution in [0.3, 0.4) is 0 Å². The molecule has 7 heteroatoms. The second-order valence-electron chi connectivity index (χ2n) is 5.27. The second-order valence-corrected chi connectivity index (χ2v) is 5.27. The number of nitrogens with zero attached hydrogens (tertiary/aromatic N) is 2. The molecule has 0 aliphatic rings. The van der Waals surface area contributed by atoms with E-state index in [1.165, 1.54) is 6.07 Å². The van der Waals surface area contributed by atoms with Gasteiger partial charge in [-0.05, 0) is 29.8 Å². The van der Waals surface area contributed by atoms with Crippen LogP contribution in [0.5, 0.6) is 0 Å². The Labute approximate surface area is 135 Å². The van der Waals surface area contributed by atoms with Crippen LogP contribution in [0.15, 0.2) is 48.7 Å². The van der Waals surface area contributed by atoms with Crippen molar-refractivity contribution < 1.29 is 18.0 Å². The summed E-state index contributed by atoms with van der Waals surface area (Å²) in [5.41, 5.74) is 5.89. The highest BCUT2D eigenvalue weighted by molar-refractivity contribution is 5.97. The number of halogens is 3. The number of primary amides is 1. The predicted molar refractivity (Wildman–Crippen MR) is 82.3 cm³/mol. The zero-order chi connectivity index (χ0) is 17.3. The number of amides is 1. The van der Waals surface area contributed by atoms with Crippen LogP contribution in [-0.2, 0) is 12.6 Å². The molecule has 1 aromatic carbocycles. The van der Waals surface area contributed by atoms with Gasteiger partial charge < -0.3 is 5.73 Å². The molecule has 0 radical (unpaired) electrons. The van der Waals surface area contributed by atoms with Gasteiger partial charge in [0.15, 0.2) is 5.65 Å². The maximum absolute atomic E-state index is 12.8. The number of carbonyl (C=O) groups is 1. The Balaban J connectivity index is 2.06. The Hall–Kier alpha value is -2.96. The monoisotopic (exact) mass is 331 g/mol. The number of benzene rings is 1. The van der Waals surface area contributed by atoms with Gasteiger partial charge in [0.25, 0.3) is 5.91 Å². The Morgan fingerprint density at radius 2 is 1.92 bits per heavy atom. The van der Waals surface area contributed by atoms with Gasteiger partial charge >= 0.3 is 6.18 Å². The van der Waals surface area contributed by atoms with Crippen LogP contribution in [-0.4, -0.2) is 15.9 Å². The molecular weight excluding hydrogens is 319 g/mol. The number of rotatable bonds is 3. The van der Waals surface area contributed by atoms with Crippen LogP contribution >= 0.6 is 0 Å². The fourth-order valence-corrected chi connectivity index (χ4v) is 2.44. The molecule has 2 aromatic heterocycles. The molecule has 0 aliphatic carbocycles. The average Bonchev–Trinajstić information content (AvgIpc) is 2.53. The molecule has 1 amide bonds. The lowest BCUT2D eigenvalue weighted by molar-refractivity contribution is -0.137. The fraction of sp³-hybridized carbons (Fsp3) is 0.118. The molecule has 122 valence electrons. The van der Waals surface area contributed by atoms with Crippen molar-refractivity contribution in [2.45, 2.75) is 12.6 Å². The summed E-state index contributed by atoms with van der Waals surface area (Å²) >= 11 is 0. The van der Waals surface area contributed by atoms with E-state index >= 15 is 0 Å². The van der Waals surface area contributed by atoms with Crippen molar-refractivity contribution in [3.8, 4) is 0 Å². The van der Waals surface area contributed by atoms with Crippen LogP contribution in [0.1, 0.15) is 27.2 Å². The lowest BCUT2D eigenvalue weighted by Crippen LogP contribution is -2.15. The van der Waals surface area contributed by atoms with Gasteiger partial charge in [-0.3, -0.25) is 4.79 Å². The van der Waals surface area contributed by atoms with Crippen molar-refractivity contribution in [2.24, 2.45) is 5.73 Å². The van der Waals surface area contributed by atoms with Crippen molar-refractivity contribution in [3.05, 3.63) is 71.0 Å². The number of carbonyl (C=O) groups excluding carboxylic acids is 1. The van der Waals surface area contributed by atoms with E-state index in [0.29, 0.717) is 22.3 Å². The lowest BCUT2D eigenvalue weighted by Gasteiger charge is -2.10. The molecular formula is C17H12F3N3O. The molecule has 0 unspecified atom stereocenters. The highest BCUT2D eigenvalue weighted by Crippen LogP contribution is 2.30. The van der Waals surface area contributed by atoms with E-state index in [2.05, 4.69) is 9.97 Å². The Morgan fingerprint density at radius 1 is 1.12 bits per heavy atom. The van der Waals surface area contributed by atoms with Gasteiger partial charge in [-0.1, -0.05) is 18.2 Å². The maximum Gasteiger partial charge on any atom is 0.416 e. The zero-order valence-corrected chi connectivity index (χ0v) is 12.3. The van der Waals surface area contributed by atoms with Gasteiger partial charge in [0.05, 0.1) is 16.8 Å². The summed E-state index contributed by atoms with van der Waals surface area (Å²) in [4.78, 5) is 20.1.